The van der Waals surface area contributed by atoms with Crippen LogP contribution in [0.25, 0.3) is 0 Å². The van der Waals surface area contributed by atoms with Crippen molar-refractivity contribution in [1.29, 1.82) is 0 Å². The predicted octanol–water partition coefficient (Wildman–Crippen LogP) is 3.13. The molecule has 0 radical (unpaired) electrons. The Bertz CT molecular complexity index is 442. The zero-order chi connectivity index (χ0) is 11.4. The van der Waals surface area contributed by atoms with E-state index >= 15 is 0 Å². The number of thiophene rings is 1. The number of nitrogens with zero attached hydrogens (tertiary/aromatic N) is 1. The van der Waals surface area contributed by atoms with Crippen LogP contribution in [-0.4, -0.2) is 4.98 Å². The molecule has 2 nitrogen and oxygen atoms in total. The molecule has 0 aliphatic rings. The molecule has 1 unspecified atom stereocenters. The highest BCUT2D eigenvalue weighted by atomic mass is 32.1. The summed E-state index contributed by atoms with van der Waals surface area (Å²) < 4.78 is 12.9. The quantitative estimate of drug-likeness (QED) is 0.882. The fraction of sp³-hybridized carbons (Fsp3) is 0.250. The molecule has 1 N–H and O–H groups in total. The van der Waals surface area contributed by atoms with E-state index < -0.39 is 0 Å². The molecule has 0 saturated carbocycles. The number of hydrogen-bond donors (Lipinski definition) is 1. The fourth-order valence-corrected chi connectivity index (χ4v) is 2.22. The van der Waals surface area contributed by atoms with Gasteiger partial charge in [0.15, 0.2) is 0 Å². The van der Waals surface area contributed by atoms with Crippen molar-refractivity contribution in [2.24, 2.45) is 0 Å². The molecule has 0 aromatic carbocycles. The maximum absolute atomic E-state index is 12.9. The number of nitrogens with one attached hydrogen (secondary N) is 1. The third-order valence-electron chi connectivity index (χ3n) is 2.34. The summed E-state index contributed by atoms with van der Waals surface area (Å²) in [5.41, 5.74) is 0.864. The van der Waals surface area contributed by atoms with Gasteiger partial charge < -0.3 is 5.32 Å². The zero-order valence-corrected chi connectivity index (χ0v) is 9.80. The van der Waals surface area contributed by atoms with Gasteiger partial charge in [0.2, 0.25) is 0 Å². The highest BCUT2D eigenvalue weighted by Crippen LogP contribution is 2.18. The molecule has 1 atom stereocenters. The number of halogens is 1. The SMILES string of the molecule is CC(NCc1cncc(F)c1)c1cccs1. The molecule has 0 fully saturated rings. The monoisotopic (exact) mass is 236 g/mol. The van der Waals surface area contributed by atoms with E-state index in [0.29, 0.717) is 6.54 Å². The van der Waals surface area contributed by atoms with Gasteiger partial charge in [-0.15, -0.1) is 11.3 Å². The van der Waals surface area contributed by atoms with Crippen molar-refractivity contribution < 1.29 is 4.39 Å². The lowest BCUT2D eigenvalue weighted by Gasteiger charge is -2.11. The molecule has 0 spiro atoms. The predicted molar refractivity (Wildman–Crippen MR) is 63.8 cm³/mol. The first-order valence-electron chi connectivity index (χ1n) is 5.12. The Labute approximate surface area is 98.2 Å². The van der Waals surface area contributed by atoms with Crippen molar-refractivity contribution in [3.8, 4) is 0 Å². The van der Waals surface area contributed by atoms with Gasteiger partial charge >= 0.3 is 0 Å². The number of pyridine rings is 1. The van der Waals surface area contributed by atoms with E-state index in [1.54, 1.807) is 17.5 Å². The molecule has 16 heavy (non-hydrogen) atoms. The van der Waals surface area contributed by atoms with E-state index in [0.717, 1.165) is 5.56 Å². The average molecular weight is 236 g/mol. The van der Waals surface area contributed by atoms with Gasteiger partial charge in [-0.2, -0.15) is 0 Å². The highest BCUT2D eigenvalue weighted by molar-refractivity contribution is 7.10. The van der Waals surface area contributed by atoms with Gasteiger partial charge in [-0.05, 0) is 30.0 Å². The van der Waals surface area contributed by atoms with Crippen LogP contribution in [0.3, 0.4) is 0 Å². The Balaban J connectivity index is 1.92. The van der Waals surface area contributed by atoms with Gasteiger partial charge in [-0.1, -0.05) is 6.07 Å². The minimum Gasteiger partial charge on any atom is -0.305 e. The summed E-state index contributed by atoms with van der Waals surface area (Å²) in [6.07, 6.45) is 2.89. The molecule has 2 heterocycles. The van der Waals surface area contributed by atoms with E-state index in [4.69, 9.17) is 0 Å². The summed E-state index contributed by atoms with van der Waals surface area (Å²) in [4.78, 5) is 5.09. The maximum Gasteiger partial charge on any atom is 0.141 e. The largest absolute Gasteiger partial charge is 0.305 e. The smallest absolute Gasteiger partial charge is 0.141 e. The van der Waals surface area contributed by atoms with E-state index in [1.807, 2.05) is 6.07 Å². The maximum atomic E-state index is 12.9. The molecule has 2 rings (SSSR count). The minimum absolute atomic E-state index is 0.281. The van der Waals surface area contributed by atoms with Crippen molar-refractivity contribution in [2.75, 3.05) is 0 Å². The van der Waals surface area contributed by atoms with Crippen LogP contribution < -0.4 is 5.32 Å². The van der Waals surface area contributed by atoms with Crippen LogP contribution >= 0.6 is 11.3 Å². The highest BCUT2D eigenvalue weighted by Gasteiger charge is 2.05. The topological polar surface area (TPSA) is 24.9 Å². The van der Waals surface area contributed by atoms with Gasteiger partial charge in [-0.25, -0.2) is 4.39 Å². The van der Waals surface area contributed by atoms with Gasteiger partial charge in [-0.3, -0.25) is 4.98 Å². The van der Waals surface area contributed by atoms with E-state index in [9.17, 15) is 4.39 Å². The number of aromatic nitrogens is 1. The van der Waals surface area contributed by atoms with Crippen LogP contribution in [0, 0.1) is 5.82 Å². The Morgan fingerprint density at radius 2 is 2.38 bits per heavy atom. The summed E-state index contributed by atoms with van der Waals surface area (Å²) in [5, 5.41) is 5.39. The summed E-state index contributed by atoms with van der Waals surface area (Å²) in [7, 11) is 0. The van der Waals surface area contributed by atoms with E-state index in [1.165, 1.54) is 17.1 Å². The standard InChI is InChI=1S/C12H13FN2S/c1-9(12-3-2-4-16-12)15-7-10-5-11(13)8-14-6-10/h2-6,8-9,15H,7H2,1H3. The molecular weight excluding hydrogens is 223 g/mol. The van der Waals surface area contributed by atoms with Crippen molar-refractivity contribution >= 4 is 11.3 Å². The minimum atomic E-state index is -0.289. The summed E-state index contributed by atoms with van der Waals surface area (Å²) in [6.45, 7) is 2.72. The van der Waals surface area contributed by atoms with Crippen molar-refractivity contribution in [1.82, 2.24) is 10.3 Å². The average Bonchev–Trinajstić information content (AvgIpc) is 2.79. The van der Waals surface area contributed by atoms with Crippen LogP contribution in [0.5, 0.6) is 0 Å². The molecule has 4 heteroatoms. The zero-order valence-electron chi connectivity index (χ0n) is 8.98. The van der Waals surface area contributed by atoms with Gasteiger partial charge in [0, 0.05) is 23.7 Å². The second kappa shape index (κ2) is 5.18. The molecule has 2 aromatic rings. The molecule has 0 bridgehead atoms. The van der Waals surface area contributed by atoms with Crippen molar-refractivity contribution in [2.45, 2.75) is 19.5 Å². The van der Waals surface area contributed by atoms with Crippen LogP contribution in [0.1, 0.15) is 23.4 Å². The first-order valence-corrected chi connectivity index (χ1v) is 6.00. The summed E-state index contributed by atoms with van der Waals surface area (Å²) in [6, 6.07) is 5.90. The first kappa shape index (κ1) is 11.2. The summed E-state index contributed by atoms with van der Waals surface area (Å²) >= 11 is 1.72. The van der Waals surface area contributed by atoms with E-state index in [2.05, 4.69) is 28.7 Å². The molecule has 2 aromatic heterocycles. The van der Waals surface area contributed by atoms with Gasteiger partial charge in [0.1, 0.15) is 5.82 Å². The lowest BCUT2D eigenvalue weighted by molar-refractivity contribution is 0.573. The van der Waals surface area contributed by atoms with Crippen molar-refractivity contribution in [3.63, 3.8) is 0 Å². The molecule has 84 valence electrons. The normalized spacial score (nSPS) is 12.6. The second-order valence-corrected chi connectivity index (χ2v) is 4.61. The third kappa shape index (κ3) is 2.87. The molecular formula is C12H13FN2S. The van der Waals surface area contributed by atoms with Crippen LogP contribution in [-0.2, 0) is 6.54 Å². The van der Waals surface area contributed by atoms with Gasteiger partial charge in [0.05, 0.1) is 6.20 Å². The molecule has 0 saturated heterocycles. The number of hydrogen-bond acceptors (Lipinski definition) is 3. The van der Waals surface area contributed by atoms with E-state index in [-0.39, 0.29) is 11.9 Å². The second-order valence-electron chi connectivity index (χ2n) is 3.63. The third-order valence-corrected chi connectivity index (χ3v) is 3.40. The van der Waals surface area contributed by atoms with Crippen LogP contribution in [0.2, 0.25) is 0 Å². The molecule has 0 aliphatic heterocycles. The Morgan fingerprint density at radius 3 is 3.06 bits per heavy atom. The Morgan fingerprint density at radius 1 is 1.50 bits per heavy atom. The lowest BCUT2D eigenvalue weighted by Crippen LogP contribution is -2.17. The Kier molecular flexibility index (Phi) is 3.64. The van der Waals surface area contributed by atoms with Crippen LogP contribution in [0.4, 0.5) is 4.39 Å². The van der Waals surface area contributed by atoms with Crippen LogP contribution in [0.15, 0.2) is 36.0 Å². The van der Waals surface area contributed by atoms with Crippen molar-refractivity contribution in [3.05, 3.63) is 52.2 Å². The molecule has 0 aliphatic carbocycles. The first-order chi connectivity index (χ1) is 7.75. The lowest BCUT2D eigenvalue weighted by atomic mass is 10.2. The van der Waals surface area contributed by atoms with Gasteiger partial charge in [0.25, 0.3) is 0 Å². The Hall–Kier alpha value is -1.26. The summed E-state index contributed by atoms with van der Waals surface area (Å²) in [5.74, 6) is -0.289. The number of rotatable bonds is 4. The molecule has 0 amide bonds. The fourth-order valence-electron chi connectivity index (χ4n) is 1.46.